The summed E-state index contributed by atoms with van der Waals surface area (Å²) in [6.07, 6.45) is -0.415. The third-order valence-corrected chi connectivity index (χ3v) is 2.21. The Morgan fingerprint density at radius 1 is 1.19 bits per heavy atom. The summed E-state index contributed by atoms with van der Waals surface area (Å²) in [7, 11) is 0. The van der Waals surface area contributed by atoms with Crippen LogP contribution in [0.4, 0.5) is 0 Å². The van der Waals surface area contributed by atoms with E-state index >= 15 is 0 Å². The second-order valence-electron chi connectivity index (χ2n) is 4.59. The van der Waals surface area contributed by atoms with Gasteiger partial charge in [0.1, 0.15) is 12.4 Å². The first-order valence-electron chi connectivity index (χ1n) is 5.63. The van der Waals surface area contributed by atoms with Crippen LogP contribution in [-0.2, 0) is 14.3 Å². The minimum absolute atomic E-state index is 0.0268. The highest BCUT2D eigenvalue weighted by Crippen LogP contribution is 2.11. The first kappa shape index (κ1) is 15.3. The number of Topliss-reactive ketones (excluding diaryl/α,β-unsaturated/α-hetero) is 2. The zero-order chi connectivity index (χ0) is 12.7. The molecule has 0 aliphatic heterocycles. The molecule has 1 N–H and O–H groups in total. The lowest BCUT2D eigenvalue weighted by Crippen LogP contribution is -2.26. The Morgan fingerprint density at radius 3 is 2.12 bits per heavy atom. The fraction of sp³-hybridized carbons (Fsp3) is 0.833. The minimum Gasteiger partial charge on any atom is -0.393 e. The van der Waals surface area contributed by atoms with Crippen molar-refractivity contribution in [1.82, 2.24) is 0 Å². The van der Waals surface area contributed by atoms with E-state index in [4.69, 9.17) is 9.84 Å². The number of carbonyl (C=O) groups excluding carboxylic acids is 2. The monoisotopic (exact) mass is 230 g/mol. The maximum atomic E-state index is 11.3. The molecule has 0 aromatic heterocycles. The van der Waals surface area contributed by atoms with Crippen LogP contribution in [0.15, 0.2) is 0 Å². The van der Waals surface area contributed by atoms with Gasteiger partial charge in [0, 0.05) is 12.8 Å². The van der Waals surface area contributed by atoms with E-state index in [1.807, 2.05) is 13.8 Å². The van der Waals surface area contributed by atoms with E-state index in [-0.39, 0.29) is 36.6 Å². The van der Waals surface area contributed by atoms with Gasteiger partial charge < -0.3 is 9.84 Å². The van der Waals surface area contributed by atoms with Crippen LogP contribution >= 0.6 is 0 Å². The SMILES string of the molecule is CC(=O)CC(OCC(=O)CC(C)O)C(C)C. The van der Waals surface area contributed by atoms with E-state index in [1.165, 1.54) is 6.92 Å². The quantitative estimate of drug-likeness (QED) is 0.683. The van der Waals surface area contributed by atoms with E-state index < -0.39 is 6.10 Å². The Hall–Kier alpha value is -0.740. The molecule has 0 rings (SSSR count). The molecule has 4 heteroatoms. The Bertz CT molecular complexity index is 233. The molecule has 0 amide bonds. The molecule has 2 unspecified atom stereocenters. The topological polar surface area (TPSA) is 63.6 Å². The van der Waals surface area contributed by atoms with Crippen LogP contribution in [0.2, 0.25) is 0 Å². The van der Waals surface area contributed by atoms with Gasteiger partial charge in [-0.1, -0.05) is 13.8 Å². The summed E-state index contributed by atoms with van der Waals surface area (Å²) in [5, 5.41) is 9.01. The number of aliphatic hydroxyl groups excluding tert-OH is 1. The predicted octanol–water partition coefficient (Wildman–Crippen LogP) is 1.35. The highest BCUT2D eigenvalue weighted by Gasteiger charge is 2.17. The van der Waals surface area contributed by atoms with Gasteiger partial charge in [-0.15, -0.1) is 0 Å². The van der Waals surface area contributed by atoms with Gasteiger partial charge in [-0.3, -0.25) is 9.59 Å². The summed E-state index contributed by atoms with van der Waals surface area (Å²) in [5.41, 5.74) is 0. The maximum absolute atomic E-state index is 11.3. The fourth-order valence-electron chi connectivity index (χ4n) is 1.36. The molecule has 2 atom stereocenters. The number of ketones is 2. The van der Waals surface area contributed by atoms with Gasteiger partial charge in [-0.25, -0.2) is 0 Å². The summed E-state index contributed by atoms with van der Waals surface area (Å²) in [4.78, 5) is 22.3. The second kappa shape index (κ2) is 7.52. The van der Waals surface area contributed by atoms with Gasteiger partial charge in [0.2, 0.25) is 0 Å². The van der Waals surface area contributed by atoms with E-state index in [0.717, 1.165) is 0 Å². The minimum atomic E-state index is -0.638. The molecule has 0 spiro atoms. The largest absolute Gasteiger partial charge is 0.393 e. The molecule has 0 radical (unpaired) electrons. The van der Waals surface area contributed by atoms with Crippen molar-refractivity contribution in [1.29, 1.82) is 0 Å². The van der Waals surface area contributed by atoms with E-state index in [0.29, 0.717) is 6.42 Å². The summed E-state index contributed by atoms with van der Waals surface area (Å²) >= 11 is 0. The first-order chi connectivity index (χ1) is 7.32. The molecule has 0 aromatic rings. The standard InChI is InChI=1S/C12H22O4/c1-8(2)12(6-10(4)14)16-7-11(15)5-9(3)13/h8-9,12-13H,5-7H2,1-4H3. The summed E-state index contributed by atoms with van der Waals surface area (Å²) in [5.74, 6) is 0.120. The Labute approximate surface area is 97.0 Å². The van der Waals surface area contributed by atoms with Gasteiger partial charge in [0.05, 0.1) is 12.2 Å². The molecule has 0 saturated carbocycles. The summed E-state index contributed by atoms with van der Waals surface area (Å²) in [6, 6.07) is 0. The van der Waals surface area contributed by atoms with Gasteiger partial charge in [0.25, 0.3) is 0 Å². The van der Waals surface area contributed by atoms with E-state index in [9.17, 15) is 9.59 Å². The molecular formula is C12H22O4. The lowest BCUT2D eigenvalue weighted by Gasteiger charge is -2.20. The van der Waals surface area contributed by atoms with Crippen LogP contribution in [0.1, 0.15) is 40.5 Å². The number of hydrogen-bond donors (Lipinski definition) is 1. The molecule has 0 heterocycles. The highest BCUT2D eigenvalue weighted by molar-refractivity contribution is 5.80. The Morgan fingerprint density at radius 2 is 1.75 bits per heavy atom. The van der Waals surface area contributed by atoms with Crippen molar-refractivity contribution in [2.75, 3.05) is 6.61 Å². The van der Waals surface area contributed by atoms with Crippen molar-refractivity contribution in [3.8, 4) is 0 Å². The lowest BCUT2D eigenvalue weighted by molar-refractivity contribution is -0.131. The van der Waals surface area contributed by atoms with Crippen LogP contribution in [0.3, 0.4) is 0 Å². The van der Waals surface area contributed by atoms with Crippen LogP contribution in [0, 0.1) is 5.92 Å². The number of carbonyl (C=O) groups is 2. The van der Waals surface area contributed by atoms with Crippen molar-refractivity contribution < 1.29 is 19.4 Å². The molecule has 4 nitrogen and oxygen atoms in total. The third kappa shape index (κ3) is 7.54. The predicted molar refractivity (Wildman–Crippen MR) is 61.2 cm³/mol. The number of rotatable bonds is 8. The second-order valence-corrected chi connectivity index (χ2v) is 4.59. The van der Waals surface area contributed by atoms with Crippen molar-refractivity contribution >= 4 is 11.6 Å². The Kier molecular flexibility index (Phi) is 7.17. The van der Waals surface area contributed by atoms with Gasteiger partial charge in [0.15, 0.2) is 5.78 Å². The zero-order valence-corrected chi connectivity index (χ0v) is 10.5. The number of ether oxygens (including phenoxy) is 1. The number of aliphatic hydroxyl groups is 1. The summed E-state index contributed by atoms with van der Waals surface area (Å²) in [6.45, 7) is 6.95. The molecule has 0 aromatic carbocycles. The normalized spacial score (nSPS) is 14.9. The maximum Gasteiger partial charge on any atom is 0.161 e. The van der Waals surface area contributed by atoms with Crippen molar-refractivity contribution in [2.45, 2.75) is 52.7 Å². The van der Waals surface area contributed by atoms with E-state index in [1.54, 1.807) is 6.92 Å². The molecule has 94 valence electrons. The molecule has 0 aliphatic rings. The van der Waals surface area contributed by atoms with Gasteiger partial charge in [-0.05, 0) is 19.8 Å². The van der Waals surface area contributed by atoms with Crippen LogP contribution < -0.4 is 0 Å². The Balaban J connectivity index is 4.02. The molecule has 16 heavy (non-hydrogen) atoms. The van der Waals surface area contributed by atoms with Gasteiger partial charge in [-0.2, -0.15) is 0 Å². The first-order valence-corrected chi connectivity index (χ1v) is 5.63. The highest BCUT2D eigenvalue weighted by atomic mass is 16.5. The molecule has 0 fully saturated rings. The van der Waals surface area contributed by atoms with Crippen molar-refractivity contribution in [2.24, 2.45) is 5.92 Å². The van der Waals surface area contributed by atoms with Crippen molar-refractivity contribution in [3.63, 3.8) is 0 Å². The molecular weight excluding hydrogens is 208 g/mol. The van der Waals surface area contributed by atoms with Crippen molar-refractivity contribution in [3.05, 3.63) is 0 Å². The smallest absolute Gasteiger partial charge is 0.161 e. The zero-order valence-electron chi connectivity index (χ0n) is 10.5. The van der Waals surface area contributed by atoms with Crippen LogP contribution in [0.5, 0.6) is 0 Å². The van der Waals surface area contributed by atoms with Crippen LogP contribution in [0.25, 0.3) is 0 Å². The average molecular weight is 230 g/mol. The van der Waals surface area contributed by atoms with Crippen LogP contribution in [-0.4, -0.2) is 35.5 Å². The average Bonchev–Trinajstić information content (AvgIpc) is 2.09. The molecule has 0 aliphatic carbocycles. The van der Waals surface area contributed by atoms with E-state index in [2.05, 4.69) is 0 Å². The van der Waals surface area contributed by atoms with Gasteiger partial charge >= 0.3 is 0 Å². The molecule has 0 bridgehead atoms. The third-order valence-electron chi connectivity index (χ3n) is 2.21. The number of hydrogen-bond acceptors (Lipinski definition) is 4. The fourth-order valence-corrected chi connectivity index (χ4v) is 1.36. The summed E-state index contributed by atoms with van der Waals surface area (Å²) < 4.78 is 5.40. The molecule has 0 saturated heterocycles. The lowest BCUT2D eigenvalue weighted by atomic mass is 10.0.